The van der Waals surface area contributed by atoms with Gasteiger partial charge in [0.15, 0.2) is 0 Å². The van der Waals surface area contributed by atoms with E-state index in [9.17, 15) is 0 Å². The van der Waals surface area contributed by atoms with Crippen molar-refractivity contribution < 1.29 is 0 Å². The van der Waals surface area contributed by atoms with Gasteiger partial charge in [-0.25, -0.2) is 0 Å². The number of fused-ring (bicyclic) bond motifs is 1. The Kier molecular flexibility index (Phi) is 1.24. The van der Waals surface area contributed by atoms with Crippen LogP contribution in [-0.4, -0.2) is 6.54 Å². The topological polar surface area (TPSA) is 26.1 Å². The molecule has 2 nitrogen and oxygen atoms in total. The van der Waals surface area contributed by atoms with Crippen LogP contribution in [0.15, 0.2) is 35.8 Å². The number of hydrogen-bond acceptors (Lipinski definition) is 1. The minimum absolute atomic E-state index is 1.04. The van der Waals surface area contributed by atoms with Crippen LogP contribution < -0.4 is 10.6 Å². The third-order valence-corrected chi connectivity index (χ3v) is 1.68. The van der Waals surface area contributed by atoms with Crippen molar-refractivity contribution in [2.45, 2.75) is 6.42 Å². The number of hydrogen-bond donors (Lipinski definition) is 1. The lowest BCUT2D eigenvalue weighted by Gasteiger charge is -2.18. The van der Waals surface area contributed by atoms with Gasteiger partial charge in [-0.2, -0.15) is 0 Å². The van der Waals surface area contributed by atoms with E-state index in [1.165, 1.54) is 5.57 Å². The molecule has 0 fully saturated rings. The van der Waals surface area contributed by atoms with Gasteiger partial charge in [0, 0.05) is 12.7 Å². The van der Waals surface area contributed by atoms with Crippen LogP contribution >= 0.6 is 0 Å². The minimum atomic E-state index is 1.04. The second-order valence-corrected chi connectivity index (χ2v) is 2.38. The number of nitrogens with one attached hydrogen (secondary N) is 1. The van der Waals surface area contributed by atoms with E-state index in [1.54, 1.807) is 0 Å². The van der Waals surface area contributed by atoms with Gasteiger partial charge in [-0.15, -0.1) is 0 Å². The van der Waals surface area contributed by atoms with E-state index < -0.39 is 0 Å². The van der Waals surface area contributed by atoms with Gasteiger partial charge in [0.05, 0.1) is 11.9 Å². The number of nitrogens with zero attached hydrogens (tertiary/aromatic N) is 1. The molecule has 0 aromatic rings. The first-order valence-corrected chi connectivity index (χ1v) is 3.48. The van der Waals surface area contributed by atoms with Crippen molar-refractivity contribution in [2.75, 3.05) is 6.54 Å². The molecule has 1 radical (unpaired) electrons. The summed E-state index contributed by atoms with van der Waals surface area (Å²) in [7, 11) is 0. The SMILES string of the molecule is C1=CC2=CCCNC2=C[N]1. The molecule has 0 aromatic carbocycles. The largest absolute Gasteiger partial charge is 0.383 e. The van der Waals surface area contributed by atoms with E-state index in [1.807, 2.05) is 18.5 Å². The third-order valence-electron chi connectivity index (χ3n) is 1.68. The summed E-state index contributed by atoms with van der Waals surface area (Å²) >= 11 is 0. The smallest absolute Gasteiger partial charge is 0.0597 e. The van der Waals surface area contributed by atoms with Gasteiger partial charge in [-0.1, -0.05) is 6.08 Å². The van der Waals surface area contributed by atoms with Crippen LogP contribution in [0, 0.1) is 0 Å². The van der Waals surface area contributed by atoms with Crippen molar-refractivity contribution in [3.8, 4) is 0 Å². The summed E-state index contributed by atoms with van der Waals surface area (Å²) in [5.74, 6) is 0. The molecule has 0 spiro atoms. The summed E-state index contributed by atoms with van der Waals surface area (Å²) in [4.78, 5) is 0. The highest BCUT2D eigenvalue weighted by atomic mass is 14.9. The molecule has 2 rings (SSSR count). The second-order valence-electron chi connectivity index (χ2n) is 2.38. The van der Waals surface area contributed by atoms with Crippen LogP contribution in [0.25, 0.3) is 0 Å². The normalized spacial score (nSPS) is 21.6. The van der Waals surface area contributed by atoms with Crippen molar-refractivity contribution in [2.24, 2.45) is 0 Å². The van der Waals surface area contributed by atoms with Gasteiger partial charge in [0.25, 0.3) is 0 Å². The molecule has 2 heteroatoms. The zero-order chi connectivity index (χ0) is 6.81. The quantitative estimate of drug-likeness (QED) is 0.521. The van der Waals surface area contributed by atoms with Crippen LogP contribution in [-0.2, 0) is 0 Å². The molecule has 1 N–H and O–H groups in total. The van der Waals surface area contributed by atoms with Gasteiger partial charge >= 0.3 is 0 Å². The van der Waals surface area contributed by atoms with E-state index in [-0.39, 0.29) is 0 Å². The molecule has 10 heavy (non-hydrogen) atoms. The highest BCUT2D eigenvalue weighted by Gasteiger charge is 2.08. The van der Waals surface area contributed by atoms with Crippen molar-refractivity contribution in [3.63, 3.8) is 0 Å². The predicted octanol–water partition coefficient (Wildman–Crippen LogP) is 0.879. The molecule has 2 aliphatic rings. The lowest BCUT2D eigenvalue weighted by atomic mass is 10.1. The van der Waals surface area contributed by atoms with Gasteiger partial charge in [0.2, 0.25) is 0 Å². The fraction of sp³-hybridized carbons (Fsp3) is 0.250. The summed E-state index contributed by atoms with van der Waals surface area (Å²) in [6, 6.07) is 0. The maximum absolute atomic E-state index is 4.02. The Morgan fingerprint density at radius 1 is 1.50 bits per heavy atom. The van der Waals surface area contributed by atoms with Crippen LogP contribution in [0.1, 0.15) is 6.42 Å². The van der Waals surface area contributed by atoms with Crippen molar-refractivity contribution in [1.82, 2.24) is 10.6 Å². The van der Waals surface area contributed by atoms with Gasteiger partial charge in [0.1, 0.15) is 0 Å². The minimum Gasteiger partial charge on any atom is -0.383 e. The maximum Gasteiger partial charge on any atom is 0.0597 e. The summed E-state index contributed by atoms with van der Waals surface area (Å²) in [5, 5.41) is 7.28. The zero-order valence-corrected chi connectivity index (χ0v) is 5.67. The van der Waals surface area contributed by atoms with E-state index in [0.717, 1.165) is 18.7 Å². The van der Waals surface area contributed by atoms with Gasteiger partial charge in [-0.05, 0) is 18.1 Å². The molecule has 2 heterocycles. The van der Waals surface area contributed by atoms with Crippen molar-refractivity contribution in [1.29, 1.82) is 0 Å². The fourth-order valence-electron chi connectivity index (χ4n) is 1.17. The Balaban J connectivity index is 2.32. The summed E-state index contributed by atoms with van der Waals surface area (Å²) in [6.07, 6.45) is 9.07. The molecule has 0 amide bonds. The molecule has 51 valence electrons. The Morgan fingerprint density at radius 3 is 3.40 bits per heavy atom. The monoisotopic (exact) mass is 133 g/mol. The van der Waals surface area contributed by atoms with E-state index >= 15 is 0 Å². The van der Waals surface area contributed by atoms with Gasteiger partial charge in [-0.3, -0.25) is 5.32 Å². The molecule has 0 unspecified atom stereocenters. The molecule has 0 aliphatic carbocycles. The average molecular weight is 133 g/mol. The Labute approximate surface area is 60.3 Å². The lowest BCUT2D eigenvalue weighted by molar-refractivity contribution is 0.769. The molecule has 0 saturated heterocycles. The highest BCUT2D eigenvalue weighted by molar-refractivity contribution is 5.42. The molecule has 0 aromatic heterocycles. The van der Waals surface area contributed by atoms with Crippen LogP contribution in [0.2, 0.25) is 0 Å². The van der Waals surface area contributed by atoms with E-state index in [2.05, 4.69) is 16.7 Å². The Bertz CT molecular complexity index is 223. The molecular weight excluding hydrogens is 124 g/mol. The number of rotatable bonds is 0. The Morgan fingerprint density at radius 2 is 2.50 bits per heavy atom. The molecular formula is C8H9N2. The highest BCUT2D eigenvalue weighted by Crippen LogP contribution is 2.15. The van der Waals surface area contributed by atoms with E-state index in [4.69, 9.17) is 0 Å². The van der Waals surface area contributed by atoms with E-state index in [0.29, 0.717) is 0 Å². The Hall–Kier alpha value is -1.18. The fourth-order valence-corrected chi connectivity index (χ4v) is 1.17. The van der Waals surface area contributed by atoms with Crippen molar-refractivity contribution in [3.05, 3.63) is 35.8 Å². The molecule has 0 atom stereocenters. The van der Waals surface area contributed by atoms with Gasteiger partial charge < -0.3 is 5.32 Å². The summed E-state index contributed by atoms with van der Waals surface area (Å²) < 4.78 is 0. The summed E-state index contributed by atoms with van der Waals surface area (Å²) in [6.45, 7) is 1.04. The number of allylic oxidation sites excluding steroid dienone is 1. The van der Waals surface area contributed by atoms with Crippen molar-refractivity contribution >= 4 is 0 Å². The second kappa shape index (κ2) is 2.21. The van der Waals surface area contributed by atoms with Crippen LogP contribution in [0.4, 0.5) is 0 Å². The standard InChI is InChI=1S/C8H9N2/c1-2-7-3-5-9-6-8(7)10-4-1/h2-3,5-6,10H,1,4H2. The molecule has 0 bridgehead atoms. The molecule has 0 saturated carbocycles. The first-order valence-electron chi connectivity index (χ1n) is 3.48. The maximum atomic E-state index is 4.02. The lowest BCUT2D eigenvalue weighted by Crippen LogP contribution is -2.21. The predicted molar refractivity (Wildman–Crippen MR) is 40.1 cm³/mol. The summed E-state index contributed by atoms with van der Waals surface area (Å²) in [5.41, 5.74) is 2.44. The first kappa shape index (κ1) is 5.59. The average Bonchev–Trinajstić information content (AvgIpc) is 2.05. The molecule has 2 aliphatic heterocycles. The zero-order valence-electron chi connectivity index (χ0n) is 5.67. The first-order chi connectivity index (χ1) is 4.97. The third kappa shape index (κ3) is 0.817. The van der Waals surface area contributed by atoms with Crippen LogP contribution in [0.5, 0.6) is 0 Å². The van der Waals surface area contributed by atoms with Crippen LogP contribution in [0.3, 0.4) is 0 Å².